The van der Waals surface area contributed by atoms with E-state index in [9.17, 15) is 20.2 Å². The molecule has 0 aliphatic rings. The number of carbonyl (C=O) groups is 1. The highest BCUT2D eigenvalue weighted by Crippen LogP contribution is 2.35. The third kappa shape index (κ3) is 6.06. The minimum absolute atomic E-state index is 0.0976. The molecule has 1 N–H and O–H groups in total. The summed E-state index contributed by atoms with van der Waals surface area (Å²) in [5, 5.41) is 24.8. The molecular formula is C27H19ClN4O4S. The molecule has 1 aromatic heterocycles. The van der Waals surface area contributed by atoms with E-state index in [0.717, 1.165) is 22.9 Å². The first kappa shape index (κ1) is 25.7. The molecule has 0 saturated heterocycles. The number of rotatable bonds is 8. The minimum atomic E-state index is -0.561. The number of benzene rings is 3. The maximum absolute atomic E-state index is 12.7. The molecule has 0 aliphatic carbocycles. The molecule has 0 spiro atoms. The average Bonchev–Trinajstić information content (AvgIpc) is 2.92. The molecule has 0 fully saturated rings. The first-order chi connectivity index (χ1) is 17.9. The lowest BCUT2D eigenvalue weighted by Gasteiger charge is -2.13. The van der Waals surface area contributed by atoms with Gasteiger partial charge in [-0.05, 0) is 54.1 Å². The van der Waals surface area contributed by atoms with Crippen molar-refractivity contribution < 1.29 is 14.5 Å². The third-order valence-corrected chi connectivity index (χ3v) is 6.58. The maximum Gasteiger partial charge on any atom is 0.292 e. The Labute approximate surface area is 222 Å². The van der Waals surface area contributed by atoms with Crippen molar-refractivity contribution in [2.24, 2.45) is 0 Å². The Morgan fingerprint density at radius 1 is 1.11 bits per heavy atom. The van der Waals surface area contributed by atoms with Gasteiger partial charge in [0, 0.05) is 22.2 Å². The lowest BCUT2D eigenvalue weighted by molar-refractivity contribution is -0.383. The highest BCUT2D eigenvalue weighted by molar-refractivity contribution is 8.00. The fourth-order valence-corrected chi connectivity index (χ4v) is 4.49. The summed E-state index contributed by atoms with van der Waals surface area (Å²) in [5.41, 5.74) is 3.01. The predicted octanol–water partition coefficient (Wildman–Crippen LogP) is 6.59. The van der Waals surface area contributed by atoms with Gasteiger partial charge in [-0.25, -0.2) is 4.98 Å². The Morgan fingerprint density at radius 3 is 2.43 bits per heavy atom. The summed E-state index contributed by atoms with van der Waals surface area (Å²) in [6, 6.07) is 24.4. The second kappa shape index (κ2) is 11.6. The Balaban J connectivity index is 1.69. The number of hydrogen-bond donors (Lipinski definition) is 1. The SMILES string of the molecule is COc1ccc(-c2cc(-c3ccc(Cl)cc3)c(C#N)c(SCC(=O)Nc3ccccc3[N+](=O)[O-])n2)cc1. The molecule has 1 heterocycles. The quantitative estimate of drug-likeness (QED) is 0.155. The normalized spacial score (nSPS) is 10.4. The fraction of sp³-hybridized carbons (Fsp3) is 0.0741. The van der Waals surface area contributed by atoms with Gasteiger partial charge in [0.2, 0.25) is 5.91 Å². The molecule has 37 heavy (non-hydrogen) atoms. The van der Waals surface area contributed by atoms with Crippen LogP contribution >= 0.6 is 23.4 Å². The van der Waals surface area contributed by atoms with E-state index in [1.54, 1.807) is 25.3 Å². The van der Waals surface area contributed by atoms with E-state index in [0.29, 0.717) is 32.6 Å². The number of halogens is 1. The van der Waals surface area contributed by atoms with Crippen molar-refractivity contribution in [3.8, 4) is 34.2 Å². The molecule has 0 bridgehead atoms. The maximum atomic E-state index is 12.7. The van der Waals surface area contributed by atoms with E-state index in [1.165, 1.54) is 18.2 Å². The second-order valence-electron chi connectivity index (χ2n) is 7.69. The number of hydrogen-bond acceptors (Lipinski definition) is 7. The van der Waals surface area contributed by atoms with Crippen molar-refractivity contribution in [1.82, 2.24) is 4.98 Å². The number of thioether (sulfide) groups is 1. The summed E-state index contributed by atoms with van der Waals surface area (Å²) in [6.07, 6.45) is 0. The van der Waals surface area contributed by atoms with Crippen LogP contribution in [0.5, 0.6) is 5.75 Å². The molecule has 4 aromatic rings. The van der Waals surface area contributed by atoms with Crippen molar-refractivity contribution in [1.29, 1.82) is 5.26 Å². The first-order valence-electron chi connectivity index (χ1n) is 10.9. The van der Waals surface area contributed by atoms with Crippen LogP contribution in [0, 0.1) is 21.4 Å². The van der Waals surface area contributed by atoms with Gasteiger partial charge in [-0.15, -0.1) is 0 Å². The number of anilines is 1. The zero-order valence-electron chi connectivity index (χ0n) is 19.5. The van der Waals surface area contributed by atoms with Gasteiger partial charge in [0.25, 0.3) is 5.69 Å². The molecule has 0 atom stereocenters. The lowest BCUT2D eigenvalue weighted by Crippen LogP contribution is -2.15. The second-order valence-corrected chi connectivity index (χ2v) is 9.09. The zero-order valence-corrected chi connectivity index (χ0v) is 21.0. The van der Waals surface area contributed by atoms with Crippen LogP contribution in [0.4, 0.5) is 11.4 Å². The van der Waals surface area contributed by atoms with Crippen molar-refractivity contribution in [2.75, 3.05) is 18.2 Å². The molecule has 0 radical (unpaired) electrons. The van der Waals surface area contributed by atoms with Gasteiger partial charge in [-0.2, -0.15) is 5.26 Å². The first-order valence-corrected chi connectivity index (χ1v) is 12.3. The van der Waals surface area contributed by atoms with E-state index in [-0.39, 0.29) is 17.1 Å². The number of methoxy groups -OCH3 is 1. The molecule has 4 rings (SSSR count). The zero-order chi connectivity index (χ0) is 26.4. The van der Waals surface area contributed by atoms with Gasteiger partial charge in [-0.3, -0.25) is 14.9 Å². The van der Waals surface area contributed by atoms with Crippen molar-refractivity contribution in [3.05, 3.63) is 99.6 Å². The van der Waals surface area contributed by atoms with Crippen molar-refractivity contribution >= 4 is 40.6 Å². The molecule has 10 heteroatoms. The van der Waals surface area contributed by atoms with Gasteiger partial charge < -0.3 is 10.1 Å². The van der Waals surface area contributed by atoms with Crippen LogP contribution in [0.2, 0.25) is 5.02 Å². The third-order valence-electron chi connectivity index (χ3n) is 5.35. The van der Waals surface area contributed by atoms with Crippen molar-refractivity contribution in [3.63, 3.8) is 0 Å². The summed E-state index contributed by atoms with van der Waals surface area (Å²) >= 11 is 7.14. The number of ether oxygens (including phenoxy) is 1. The Bertz CT molecular complexity index is 1500. The van der Waals surface area contributed by atoms with Crippen LogP contribution < -0.4 is 10.1 Å². The Kier molecular flexibility index (Phi) is 8.03. The van der Waals surface area contributed by atoms with Crippen LogP contribution in [0.3, 0.4) is 0 Å². The molecule has 184 valence electrons. The standard InChI is InChI=1S/C27H19ClN4O4S/c1-36-20-12-8-18(9-13-20)24-14-21(17-6-10-19(28)11-7-17)22(15-29)27(31-24)37-16-26(33)30-23-4-2-3-5-25(23)32(34)35/h2-14H,16H2,1H3,(H,30,33). The van der Waals surface area contributed by atoms with Gasteiger partial charge in [-0.1, -0.05) is 47.6 Å². The number of nitro benzene ring substituents is 1. The molecular weight excluding hydrogens is 512 g/mol. The minimum Gasteiger partial charge on any atom is -0.497 e. The monoisotopic (exact) mass is 530 g/mol. The summed E-state index contributed by atoms with van der Waals surface area (Å²) in [5.74, 6) is 0.115. The predicted molar refractivity (Wildman–Crippen MR) is 144 cm³/mol. The van der Waals surface area contributed by atoms with Crippen LogP contribution in [-0.2, 0) is 4.79 Å². The number of carbonyl (C=O) groups excluding carboxylic acids is 1. The van der Waals surface area contributed by atoms with Crippen LogP contribution in [-0.4, -0.2) is 28.7 Å². The summed E-state index contributed by atoms with van der Waals surface area (Å²) in [7, 11) is 1.58. The molecule has 0 unspecified atom stereocenters. The average molecular weight is 531 g/mol. The number of amides is 1. The van der Waals surface area contributed by atoms with E-state index in [4.69, 9.17) is 16.3 Å². The van der Waals surface area contributed by atoms with E-state index in [1.807, 2.05) is 42.5 Å². The van der Waals surface area contributed by atoms with Crippen LogP contribution in [0.1, 0.15) is 5.56 Å². The topological polar surface area (TPSA) is 118 Å². The molecule has 3 aromatic carbocycles. The van der Waals surface area contributed by atoms with E-state index >= 15 is 0 Å². The summed E-state index contributed by atoms with van der Waals surface area (Å²) < 4.78 is 5.24. The van der Waals surface area contributed by atoms with E-state index in [2.05, 4.69) is 16.4 Å². The number of nitrogens with zero attached hydrogens (tertiary/aromatic N) is 3. The lowest BCUT2D eigenvalue weighted by atomic mass is 9.99. The summed E-state index contributed by atoms with van der Waals surface area (Å²) in [4.78, 5) is 28.1. The number of nitriles is 1. The number of aromatic nitrogens is 1. The van der Waals surface area contributed by atoms with Crippen molar-refractivity contribution in [2.45, 2.75) is 5.03 Å². The smallest absolute Gasteiger partial charge is 0.292 e. The van der Waals surface area contributed by atoms with Gasteiger partial charge >= 0.3 is 0 Å². The summed E-state index contributed by atoms with van der Waals surface area (Å²) in [6.45, 7) is 0. The molecule has 1 amide bonds. The molecule has 8 nitrogen and oxygen atoms in total. The Hall–Kier alpha value is -4.39. The molecule has 0 aliphatic heterocycles. The number of nitrogens with one attached hydrogen (secondary N) is 1. The van der Waals surface area contributed by atoms with Gasteiger partial charge in [0.1, 0.15) is 22.5 Å². The molecule has 0 saturated carbocycles. The number of nitro groups is 1. The number of para-hydroxylation sites is 2. The van der Waals surface area contributed by atoms with Gasteiger partial charge in [0.05, 0.1) is 29.0 Å². The van der Waals surface area contributed by atoms with Gasteiger partial charge in [0.15, 0.2) is 0 Å². The van der Waals surface area contributed by atoms with Crippen LogP contribution in [0.15, 0.2) is 83.9 Å². The van der Waals surface area contributed by atoms with E-state index < -0.39 is 10.8 Å². The Morgan fingerprint density at radius 2 is 1.78 bits per heavy atom. The number of pyridine rings is 1. The largest absolute Gasteiger partial charge is 0.497 e. The fourth-order valence-electron chi connectivity index (χ4n) is 3.56. The van der Waals surface area contributed by atoms with Crippen LogP contribution in [0.25, 0.3) is 22.4 Å². The highest BCUT2D eigenvalue weighted by Gasteiger charge is 2.19. The highest BCUT2D eigenvalue weighted by atomic mass is 35.5.